The molecule has 0 aliphatic heterocycles. The lowest BCUT2D eigenvalue weighted by molar-refractivity contribution is 0.419. The van der Waals surface area contributed by atoms with E-state index in [1.807, 2.05) is 25.0 Å². The lowest BCUT2D eigenvalue weighted by Gasteiger charge is -2.27. The van der Waals surface area contributed by atoms with E-state index in [1.165, 1.54) is 30.4 Å². The molecule has 1 heterocycles. The first-order valence-corrected chi connectivity index (χ1v) is 7.03. The van der Waals surface area contributed by atoms with Crippen molar-refractivity contribution in [3.63, 3.8) is 0 Å². The molecule has 1 aromatic heterocycles. The highest BCUT2D eigenvalue weighted by atomic mass is 15.0. The predicted molar refractivity (Wildman–Crippen MR) is 77.1 cm³/mol. The Morgan fingerprint density at radius 3 is 2.79 bits per heavy atom. The van der Waals surface area contributed by atoms with E-state index in [0.29, 0.717) is 0 Å². The average Bonchev–Trinajstić information content (AvgIpc) is 2.75. The second kappa shape index (κ2) is 5.17. The zero-order valence-electron chi connectivity index (χ0n) is 11.6. The van der Waals surface area contributed by atoms with Gasteiger partial charge in [0.2, 0.25) is 0 Å². The first-order valence-electron chi connectivity index (χ1n) is 7.03. The molecule has 1 N–H and O–H groups in total. The van der Waals surface area contributed by atoms with Gasteiger partial charge in [0, 0.05) is 13.2 Å². The molecule has 1 fully saturated rings. The van der Waals surface area contributed by atoms with Crippen LogP contribution in [0.1, 0.15) is 48.0 Å². The van der Waals surface area contributed by atoms with Crippen LogP contribution in [0.5, 0.6) is 0 Å². The van der Waals surface area contributed by atoms with Gasteiger partial charge in [0.15, 0.2) is 0 Å². The van der Waals surface area contributed by atoms with Crippen molar-refractivity contribution in [2.24, 2.45) is 7.05 Å². The number of rotatable bonds is 4. The van der Waals surface area contributed by atoms with Crippen molar-refractivity contribution in [2.75, 3.05) is 7.05 Å². The summed E-state index contributed by atoms with van der Waals surface area (Å²) < 4.78 is 2.00. The van der Waals surface area contributed by atoms with Gasteiger partial charge in [0.25, 0.3) is 0 Å². The molecule has 1 aliphatic carbocycles. The van der Waals surface area contributed by atoms with Gasteiger partial charge in [0.1, 0.15) is 0 Å². The Bertz CT molecular complexity index is 555. The smallest absolute Gasteiger partial charge is 0.0947 e. The van der Waals surface area contributed by atoms with Gasteiger partial charge in [-0.3, -0.25) is 0 Å². The Balaban J connectivity index is 1.90. The largest absolute Gasteiger partial charge is 0.340 e. The molecule has 3 nitrogen and oxygen atoms in total. The lowest BCUT2D eigenvalue weighted by Crippen LogP contribution is -2.19. The summed E-state index contributed by atoms with van der Waals surface area (Å²) in [6.07, 6.45) is 8.01. The summed E-state index contributed by atoms with van der Waals surface area (Å²) in [7, 11) is 4.00. The molecule has 2 aromatic rings. The Kier molecular flexibility index (Phi) is 3.38. The van der Waals surface area contributed by atoms with Crippen molar-refractivity contribution >= 4 is 0 Å². The van der Waals surface area contributed by atoms with Gasteiger partial charge >= 0.3 is 0 Å². The molecule has 100 valence electrons. The highest BCUT2D eigenvalue weighted by molar-refractivity contribution is 5.33. The molecule has 1 aliphatic rings. The average molecular weight is 255 g/mol. The molecule has 19 heavy (non-hydrogen) atoms. The van der Waals surface area contributed by atoms with Crippen LogP contribution >= 0.6 is 0 Å². The fourth-order valence-electron chi connectivity index (χ4n) is 2.80. The fraction of sp³-hybridized carbons (Fsp3) is 0.438. The van der Waals surface area contributed by atoms with E-state index in [9.17, 15) is 0 Å². The summed E-state index contributed by atoms with van der Waals surface area (Å²) in [4.78, 5) is 4.47. The molecule has 0 spiro atoms. The molecule has 1 saturated carbocycles. The molecule has 0 saturated heterocycles. The molecular weight excluding hydrogens is 234 g/mol. The standard InChI is InChI=1S/C16H21N3/c1-17-16(15-10-19(2)11-18-15)14-8-4-7-13(9-14)12-5-3-6-12/h4,7-12,16-17H,3,5-6H2,1-2H3. The van der Waals surface area contributed by atoms with Gasteiger partial charge < -0.3 is 9.88 Å². The van der Waals surface area contributed by atoms with Crippen molar-refractivity contribution in [3.8, 4) is 0 Å². The fourth-order valence-corrected chi connectivity index (χ4v) is 2.80. The van der Waals surface area contributed by atoms with E-state index in [2.05, 4.69) is 40.8 Å². The summed E-state index contributed by atoms with van der Waals surface area (Å²) >= 11 is 0. The first kappa shape index (κ1) is 12.4. The maximum atomic E-state index is 4.47. The predicted octanol–water partition coefficient (Wildman–Crippen LogP) is 3.00. The minimum Gasteiger partial charge on any atom is -0.340 e. The topological polar surface area (TPSA) is 29.9 Å². The highest BCUT2D eigenvalue weighted by Gasteiger charge is 2.21. The van der Waals surface area contributed by atoms with Gasteiger partial charge in [-0.1, -0.05) is 30.7 Å². The molecule has 1 aromatic carbocycles. The Labute approximate surface area is 114 Å². The minimum atomic E-state index is 0.182. The number of hydrogen-bond acceptors (Lipinski definition) is 2. The summed E-state index contributed by atoms with van der Waals surface area (Å²) in [6.45, 7) is 0. The van der Waals surface area contributed by atoms with Crippen LogP contribution in [0.15, 0.2) is 36.8 Å². The SMILES string of the molecule is CNC(c1cccc(C2CCC2)c1)c1cn(C)cn1. The molecule has 1 atom stereocenters. The first-order chi connectivity index (χ1) is 9.28. The van der Waals surface area contributed by atoms with E-state index in [1.54, 1.807) is 0 Å². The number of nitrogens with one attached hydrogen (secondary N) is 1. The molecule has 3 rings (SSSR count). The van der Waals surface area contributed by atoms with Crippen LogP contribution in [-0.2, 0) is 7.05 Å². The van der Waals surface area contributed by atoms with E-state index < -0.39 is 0 Å². The van der Waals surface area contributed by atoms with Crippen LogP contribution in [0.4, 0.5) is 0 Å². The number of benzene rings is 1. The van der Waals surface area contributed by atoms with Crippen molar-refractivity contribution in [1.29, 1.82) is 0 Å². The molecular formula is C16H21N3. The van der Waals surface area contributed by atoms with Gasteiger partial charge in [-0.25, -0.2) is 4.98 Å². The second-order valence-electron chi connectivity index (χ2n) is 5.48. The van der Waals surface area contributed by atoms with Crippen LogP contribution < -0.4 is 5.32 Å². The summed E-state index contributed by atoms with van der Waals surface area (Å²) in [5.74, 6) is 0.779. The van der Waals surface area contributed by atoms with Gasteiger partial charge in [-0.15, -0.1) is 0 Å². The zero-order chi connectivity index (χ0) is 13.2. The second-order valence-corrected chi connectivity index (χ2v) is 5.48. The van der Waals surface area contributed by atoms with Crippen LogP contribution in [0, 0.1) is 0 Å². The van der Waals surface area contributed by atoms with Crippen LogP contribution in [0.3, 0.4) is 0 Å². The van der Waals surface area contributed by atoms with Crippen molar-refractivity contribution in [2.45, 2.75) is 31.2 Å². The summed E-state index contributed by atoms with van der Waals surface area (Å²) in [6, 6.07) is 9.16. The monoisotopic (exact) mass is 255 g/mol. The molecule has 0 bridgehead atoms. The van der Waals surface area contributed by atoms with E-state index in [0.717, 1.165) is 11.6 Å². The van der Waals surface area contributed by atoms with E-state index >= 15 is 0 Å². The number of imidazole rings is 1. The number of aryl methyl sites for hydroxylation is 1. The maximum absolute atomic E-state index is 4.47. The summed E-state index contributed by atoms with van der Waals surface area (Å²) in [5.41, 5.74) is 3.88. The van der Waals surface area contributed by atoms with Crippen LogP contribution in [0.25, 0.3) is 0 Å². The number of aromatic nitrogens is 2. The number of hydrogen-bond donors (Lipinski definition) is 1. The third-order valence-corrected chi connectivity index (χ3v) is 4.13. The van der Waals surface area contributed by atoms with Crippen LogP contribution in [0.2, 0.25) is 0 Å². The van der Waals surface area contributed by atoms with Crippen LogP contribution in [-0.4, -0.2) is 16.6 Å². The normalized spacial score (nSPS) is 17.2. The molecule has 0 radical (unpaired) electrons. The lowest BCUT2D eigenvalue weighted by atomic mass is 9.79. The van der Waals surface area contributed by atoms with Gasteiger partial charge in [-0.05, 0) is 36.9 Å². The van der Waals surface area contributed by atoms with E-state index in [-0.39, 0.29) is 6.04 Å². The quantitative estimate of drug-likeness (QED) is 0.910. The van der Waals surface area contributed by atoms with Crippen molar-refractivity contribution in [3.05, 3.63) is 53.6 Å². The van der Waals surface area contributed by atoms with E-state index in [4.69, 9.17) is 0 Å². The maximum Gasteiger partial charge on any atom is 0.0947 e. The highest BCUT2D eigenvalue weighted by Crippen LogP contribution is 2.37. The Morgan fingerprint density at radius 1 is 1.37 bits per heavy atom. The third kappa shape index (κ3) is 2.43. The molecule has 0 amide bonds. The minimum absolute atomic E-state index is 0.182. The van der Waals surface area contributed by atoms with Gasteiger partial charge in [-0.2, -0.15) is 0 Å². The third-order valence-electron chi connectivity index (χ3n) is 4.13. The molecule has 3 heteroatoms. The van der Waals surface area contributed by atoms with Crippen molar-refractivity contribution in [1.82, 2.24) is 14.9 Å². The number of nitrogens with zero attached hydrogens (tertiary/aromatic N) is 2. The Hall–Kier alpha value is -1.61. The van der Waals surface area contributed by atoms with Crippen molar-refractivity contribution < 1.29 is 0 Å². The van der Waals surface area contributed by atoms with Gasteiger partial charge in [0.05, 0.1) is 18.1 Å². The zero-order valence-corrected chi connectivity index (χ0v) is 11.6. The molecule has 1 unspecified atom stereocenters. The Morgan fingerprint density at radius 2 is 2.21 bits per heavy atom. The summed E-state index contributed by atoms with van der Waals surface area (Å²) in [5, 5.41) is 3.37.